The highest BCUT2D eigenvalue weighted by Gasteiger charge is 1.89. The van der Waals surface area contributed by atoms with Crippen LogP contribution in [-0.2, 0) is 4.79 Å². The zero-order valence-electron chi connectivity index (χ0n) is 9.70. The van der Waals surface area contributed by atoms with Crippen molar-refractivity contribution in [2.24, 2.45) is 0 Å². The number of rotatable bonds is 7. The van der Waals surface area contributed by atoms with Crippen molar-refractivity contribution in [1.82, 2.24) is 5.32 Å². The third-order valence-corrected chi connectivity index (χ3v) is 1.86. The molecule has 0 spiro atoms. The van der Waals surface area contributed by atoms with Crippen LogP contribution in [0.15, 0.2) is 36.5 Å². The van der Waals surface area contributed by atoms with E-state index in [0.29, 0.717) is 6.42 Å². The number of carbonyl (C=O) groups is 1. The molecule has 0 aromatic carbocycles. The Morgan fingerprint density at radius 1 is 1.00 bits per heavy atom. The largest absolute Gasteiger partial charge is 0.359 e. The van der Waals surface area contributed by atoms with Crippen LogP contribution in [0.5, 0.6) is 0 Å². The average molecular weight is 207 g/mol. The van der Waals surface area contributed by atoms with E-state index >= 15 is 0 Å². The van der Waals surface area contributed by atoms with Crippen LogP contribution in [0.1, 0.15) is 32.6 Å². The molecule has 0 unspecified atom stereocenters. The van der Waals surface area contributed by atoms with E-state index in [1.54, 1.807) is 7.05 Å². The van der Waals surface area contributed by atoms with Gasteiger partial charge in [-0.2, -0.15) is 0 Å². The molecule has 2 heteroatoms. The monoisotopic (exact) mass is 207 g/mol. The number of amides is 1. The molecule has 0 atom stereocenters. The molecule has 1 N–H and O–H groups in total. The summed E-state index contributed by atoms with van der Waals surface area (Å²) in [6.07, 6.45) is 15.9. The van der Waals surface area contributed by atoms with Gasteiger partial charge >= 0.3 is 0 Å². The van der Waals surface area contributed by atoms with E-state index in [9.17, 15) is 4.79 Å². The molecule has 15 heavy (non-hydrogen) atoms. The fourth-order valence-electron chi connectivity index (χ4n) is 1.00. The molecule has 0 saturated heterocycles. The molecule has 0 radical (unpaired) electrons. The Hall–Kier alpha value is -1.31. The second-order valence-corrected chi connectivity index (χ2v) is 3.17. The third kappa shape index (κ3) is 10.6. The molecule has 0 heterocycles. The number of hydrogen-bond donors (Lipinski definition) is 1. The van der Waals surface area contributed by atoms with Crippen molar-refractivity contribution in [3.05, 3.63) is 36.5 Å². The van der Waals surface area contributed by atoms with Crippen molar-refractivity contribution in [3.8, 4) is 0 Å². The first-order valence-corrected chi connectivity index (χ1v) is 5.46. The highest BCUT2D eigenvalue weighted by molar-refractivity contribution is 5.76. The Kier molecular flexibility index (Phi) is 9.83. The van der Waals surface area contributed by atoms with Gasteiger partial charge < -0.3 is 5.32 Å². The lowest BCUT2D eigenvalue weighted by Crippen LogP contribution is -2.15. The SMILES string of the molecule is CC/C=C\C/C=C\C/C=C\CC(=O)NC. The first kappa shape index (κ1) is 13.7. The van der Waals surface area contributed by atoms with Crippen LogP contribution >= 0.6 is 0 Å². The summed E-state index contributed by atoms with van der Waals surface area (Å²) in [5, 5.41) is 2.57. The van der Waals surface area contributed by atoms with E-state index in [1.807, 2.05) is 12.2 Å². The van der Waals surface area contributed by atoms with Gasteiger partial charge in [-0.3, -0.25) is 4.79 Å². The maximum Gasteiger partial charge on any atom is 0.223 e. The van der Waals surface area contributed by atoms with Gasteiger partial charge in [-0.05, 0) is 19.3 Å². The predicted molar refractivity (Wildman–Crippen MR) is 65.6 cm³/mol. The van der Waals surface area contributed by atoms with Crippen molar-refractivity contribution in [2.45, 2.75) is 32.6 Å². The van der Waals surface area contributed by atoms with E-state index in [1.165, 1.54) is 0 Å². The minimum Gasteiger partial charge on any atom is -0.359 e. The van der Waals surface area contributed by atoms with Gasteiger partial charge in [0.05, 0.1) is 0 Å². The number of allylic oxidation sites excluding steroid dienone is 5. The zero-order valence-corrected chi connectivity index (χ0v) is 9.70. The van der Waals surface area contributed by atoms with Gasteiger partial charge in [-0.1, -0.05) is 43.4 Å². The summed E-state index contributed by atoms with van der Waals surface area (Å²) in [7, 11) is 1.65. The van der Waals surface area contributed by atoms with Gasteiger partial charge in [0.2, 0.25) is 5.91 Å². The fraction of sp³-hybridized carbons (Fsp3) is 0.462. The van der Waals surface area contributed by atoms with Crippen LogP contribution in [0, 0.1) is 0 Å². The van der Waals surface area contributed by atoms with Crippen LogP contribution < -0.4 is 5.32 Å². The van der Waals surface area contributed by atoms with E-state index < -0.39 is 0 Å². The second-order valence-electron chi connectivity index (χ2n) is 3.17. The molecular weight excluding hydrogens is 186 g/mol. The van der Waals surface area contributed by atoms with Crippen LogP contribution in [0.3, 0.4) is 0 Å². The fourth-order valence-corrected chi connectivity index (χ4v) is 1.00. The normalized spacial score (nSPS) is 11.9. The van der Waals surface area contributed by atoms with Crippen molar-refractivity contribution in [2.75, 3.05) is 7.05 Å². The van der Waals surface area contributed by atoms with Gasteiger partial charge in [-0.15, -0.1) is 0 Å². The summed E-state index contributed by atoms with van der Waals surface area (Å²) in [6.45, 7) is 2.13. The van der Waals surface area contributed by atoms with Gasteiger partial charge in [0.15, 0.2) is 0 Å². The van der Waals surface area contributed by atoms with Crippen LogP contribution in [-0.4, -0.2) is 13.0 Å². The minimum absolute atomic E-state index is 0.0566. The smallest absolute Gasteiger partial charge is 0.223 e. The van der Waals surface area contributed by atoms with E-state index in [4.69, 9.17) is 0 Å². The number of hydrogen-bond acceptors (Lipinski definition) is 1. The molecule has 0 aromatic rings. The summed E-state index contributed by atoms with van der Waals surface area (Å²) in [5.41, 5.74) is 0. The first-order valence-electron chi connectivity index (χ1n) is 5.46. The molecule has 0 aliphatic heterocycles. The molecule has 0 rings (SSSR count). The molecular formula is C13H21NO. The molecule has 1 amide bonds. The maximum absolute atomic E-state index is 10.8. The quantitative estimate of drug-likeness (QED) is 0.639. The first-order chi connectivity index (χ1) is 7.31. The Bertz CT molecular complexity index is 239. The van der Waals surface area contributed by atoms with Crippen LogP contribution in [0.25, 0.3) is 0 Å². The highest BCUT2D eigenvalue weighted by Crippen LogP contribution is 1.93. The number of nitrogens with one attached hydrogen (secondary N) is 1. The molecule has 84 valence electrons. The lowest BCUT2D eigenvalue weighted by molar-refractivity contribution is -0.119. The average Bonchev–Trinajstić information content (AvgIpc) is 2.26. The molecule has 0 bridgehead atoms. The summed E-state index contributed by atoms with van der Waals surface area (Å²) in [6, 6.07) is 0. The molecule has 2 nitrogen and oxygen atoms in total. The molecule has 0 aromatic heterocycles. The molecule has 0 fully saturated rings. The van der Waals surface area contributed by atoms with Gasteiger partial charge in [0.25, 0.3) is 0 Å². The summed E-state index contributed by atoms with van der Waals surface area (Å²) in [4.78, 5) is 10.8. The van der Waals surface area contributed by atoms with E-state index in [2.05, 4.69) is 36.5 Å². The minimum atomic E-state index is 0.0566. The standard InChI is InChI=1S/C13H21NO/c1-3-4-5-6-7-8-9-10-11-12-13(15)14-2/h4-5,7-8,10-11H,3,6,9,12H2,1-2H3,(H,14,15)/b5-4-,8-7-,11-10-. The Balaban J connectivity index is 3.44. The predicted octanol–water partition coefficient (Wildman–Crippen LogP) is 2.98. The maximum atomic E-state index is 10.8. The van der Waals surface area contributed by atoms with E-state index in [-0.39, 0.29) is 5.91 Å². The second kappa shape index (κ2) is 10.8. The molecule has 0 aliphatic rings. The summed E-state index contributed by atoms with van der Waals surface area (Å²) in [5.74, 6) is 0.0566. The molecule has 0 saturated carbocycles. The topological polar surface area (TPSA) is 29.1 Å². The van der Waals surface area contributed by atoms with Crippen molar-refractivity contribution in [1.29, 1.82) is 0 Å². The summed E-state index contributed by atoms with van der Waals surface area (Å²) < 4.78 is 0. The van der Waals surface area contributed by atoms with E-state index in [0.717, 1.165) is 19.3 Å². The highest BCUT2D eigenvalue weighted by atomic mass is 16.1. The van der Waals surface area contributed by atoms with Crippen molar-refractivity contribution < 1.29 is 4.79 Å². The Morgan fingerprint density at radius 3 is 2.07 bits per heavy atom. The Labute approximate surface area is 92.8 Å². The van der Waals surface area contributed by atoms with Gasteiger partial charge in [0.1, 0.15) is 0 Å². The zero-order chi connectivity index (χ0) is 11.4. The van der Waals surface area contributed by atoms with Gasteiger partial charge in [0, 0.05) is 13.5 Å². The number of carbonyl (C=O) groups excluding carboxylic acids is 1. The van der Waals surface area contributed by atoms with Gasteiger partial charge in [-0.25, -0.2) is 0 Å². The van der Waals surface area contributed by atoms with Crippen molar-refractivity contribution in [3.63, 3.8) is 0 Å². The summed E-state index contributed by atoms with van der Waals surface area (Å²) >= 11 is 0. The third-order valence-electron chi connectivity index (χ3n) is 1.86. The lowest BCUT2D eigenvalue weighted by Gasteiger charge is -1.91. The lowest BCUT2D eigenvalue weighted by atomic mass is 10.2. The Morgan fingerprint density at radius 2 is 1.53 bits per heavy atom. The van der Waals surface area contributed by atoms with Crippen molar-refractivity contribution >= 4 is 5.91 Å². The van der Waals surface area contributed by atoms with Crippen LogP contribution in [0.4, 0.5) is 0 Å². The molecule has 0 aliphatic carbocycles. The van der Waals surface area contributed by atoms with Crippen LogP contribution in [0.2, 0.25) is 0 Å².